The molecule has 21 heavy (non-hydrogen) atoms. The molecule has 1 aromatic carbocycles. The van der Waals surface area contributed by atoms with Crippen LogP contribution in [0.15, 0.2) is 33.2 Å². The van der Waals surface area contributed by atoms with E-state index in [1.165, 1.54) is 0 Å². The number of nitrogens with one attached hydrogen (secondary N) is 2. The van der Waals surface area contributed by atoms with Crippen LogP contribution in [-0.2, 0) is 0 Å². The lowest BCUT2D eigenvalue weighted by Crippen LogP contribution is -2.28. The predicted molar refractivity (Wildman–Crippen MR) is 90.0 cm³/mol. The van der Waals surface area contributed by atoms with Gasteiger partial charge in [-0.15, -0.1) is 11.3 Å². The number of fused-ring (bicyclic) bond motifs is 1. The van der Waals surface area contributed by atoms with E-state index in [2.05, 4.69) is 25.9 Å². The van der Waals surface area contributed by atoms with Crippen molar-refractivity contribution in [2.75, 3.05) is 0 Å². The van der Waals surface area contributed by atoms with Crippen molar-refractivity contribution in [3.8, 4) is 0 Å². The molecule has 0 saturated heterocycles. The van der Waals surface area contributed by atoms with Gasteiger partial charge in [0.1, 0.15) is 0 Å². The molecule has 0 radical (unpaired) electrons. The molecule has 0 aliphatic heterocycles. The SMILES string of the molecule is Cc1csc(C(Br)c2ccc3[nH]c(=O)c(=O)[nH]c3c2)c1Cl. The molecule has 4 nitrogen and oxygen atoms in total. The highest BCUT2D eigenvalue weighted by atomic mass is 79.9. The molecule has 2 aromatic heterocycles. The maximum Gasteiger partial charge on any atom is 0.314 e. The monoisotopic (exact) mass is 384 g/mol. The summed E-state index contributed by atoms with van der Waals surface area (Å²) >= 11 is 11.5. The summed E-state index contributed by atoms with van der Waals surface area (Å²) in [6.07, 6.45) is 0. The van der Waals surface area contributed by atoms with Crippen LogP contribution in [0.3, 0.4) is 0 Å². The van der Waals surface area contributed by atoms with Crippen LogP contribution in [0, 0.1) is 6.92 Å². The lowest BCUT2D eigenvalue weighted by atomic mass is 10.1. The molecule has 2 heterocycles. The van der Waals surface area contributed by atoms with Crippen LogP contribution in [-0.4, -0.2) is 9.97 Å². The molecule has 0 aliphatic carbocycles. The third kappa shape index (κ3) is 2.59. The summed E-state index contributed by atoms with van der Waals surface area (Å²) in [6.45, 7) is 1.96. The number of aromatic amines is 2. The number of rotatable bonds is 2. The highest BCUT2D eigenvalue weighted by Crippen LogP contribution is 2.40. The predicted octanol–water partition coefficient (Wildman–Crippen LogP) is 3.72. The lowest BCUT2D eigenvalue weighted by Gasteiger charge is -2.10. The van der Waals surface area contributed by atoms with Gasteiger partial charge in [-0.2, -0.15) is 0 Å². The molecule has 108 valence electrons. The first kappa shape index (κ1) is 14.6. The Labute approximate surface area is 136 Å². The summed E-state index contributed by atoms with van der Waals surface area (Å²) in [6, 6.07) is 5.49. The number of aromatic nitrogens is 2. The summed E-state index contributed by atoms with van der Waals surface area (Å²) in [5.74, 6) is 0. The van der Waals surface area contributed by atoms with Crippen molar-refractivity contribution in [2.45, 2.75) is 11.8 Å². The van der Waals surface area contributed by atoms with Crippen molar-refractivity contribution in [1.29, 1.82) is 0 Å². The molecule has 0 aliphatic rings. The minimum atomic E-state index is -0.657. The number of hydrogen-bond donors (Lipinski definition) is 2. The number of aryl methyl sites for hydroxylation is 1. The zero-order valence-corrected chi connectivity index (χ0v) is 14.0. The third-order valence-corrected chi connectivity index (χ3v) is 6.26. The van der Waals surface area contributed by atoms with E-state index in [0.717, 1.165) is 21.0 Å². The number of hydrogen-bond acceptors (Lipinski definition) is 3. The van der Waals surface area contributed by atoms with Gasteiger partial charge in [0.05, 0.1) is 20.9 Å². The second-order valence-corrected chi connectivity index (χ2v) is 6.88. The standard InChI is InChI=1S/C14H10BrClN2O2S/c1-6-5-21-12(11(6)16)10(15)7-2-3-8-9(4-7)18-14(20)13(19)17-8/h2-5,10H,1H3,(H,17,19)(H,18,20). The molecule has 3 aromatic rings. The topological polar surface area (TPSA) is 65.7 Å². The van der Waals surface area contributed by atoms with Crippen LogP contribution in [0.5, 0.6) is 0 Å². The Morgan fingerprint density at radius 3 is 2.48 bits per heavy atom. The fourth-order valence-corrected chi connectivity index (χ4v) is 4.33. The molecule has 0 spiro atoms. The second-order valence-electron chi connectivity index (χ2n) is 4.67. The number of alkyl halides is 1. The van der Waals surface area contributed by atoms with E-state index in [1.54, 1.807) is 17.4 Å². The molecule has 0 amide bonds. The second kappa shape index (κ2) is 5.44. The van der Waals surface area contributed by atoms with Gasteiger partial charge in [0.15, 0.2) is 0 Å². The van der Waals surface area contributed by atoms with Gasteiger partial charge in [0, 0.05) is 4.88 Å². The highest BCUT2D eigenvalue weighted by molar-refractivity contribution is 9.09. The molecule has 2 N–H and O–H groups in total. The average Bonchev–Trinajstić information content (AvgIpc) is 2.79. The van der Waals surface area contributed by atoms with Crippen molar-refractivity contribution in [2.24, 2.45) is 0 Å². The average molecular weight is 386 g/mol. The van der Waals surface area contributed by atoms with Crippen LogP contribution in [0.4, 0.5) is 0 Å². The number of benzene rings is 1. The molecule has 1 atom stereocenters. The van der Waals surface area contributed by atoms with Crippen LogP contribution in [0.25, 0.3) is 11.0 Å². The van der Waals surface area contributed by atoms with Crippen LogP contribution < -0.4 is 11.1 Å². The summed E-state index contributed by atoms with van der Waals surface area (Å²) in [5.41, 5.74) is 1.87. The molecule has 0 bridgehead atoms. The molecule has 7 heteroatoms. The Morgan fingerprint density at radius 2 is 1.86 bits per heavy atom. The molecule has 0 saturated carbocycles. The van der Waals surface area contributed by atoms with Crippen molar-refractivity contribution < 1.29 is 0 Å². The van der Waals surface area contributed by atoms with E-state index in [9.17, 15) is 9.59 Å². The molecular formula is C14H10BrClN2O2S. The van der Waals surface area contributed by atoms with Crippen LogP contribution in [0.1, 0.15) is 20.8 Å². The van der Waals surface area contributed by atoms with Crippen LogP contribution in [0.2, 0.25) is 5.02 Å². The highest BCUT2D eigenvalue weighted by Gasteiger charge is 2.17. The summed E-state index contributed by atoms with van der Waals surface area (Å²) in [5, 5.41) is 2.75. The molecule has 0 fully saturated rings. The van der Waals surface area contributed by atoms with E-state index in [1.807, 2.05) is 24.4 Å². The Bertz CT molecular complexity index is 944. The number of halogens is 2. The molecular weight excluding hydrogens is 376 g/mol. The van der Waals surface area contributed by atoms with Gasteiger partial charge in [-0.1, -0.05) is 33.6 Å². The van der Waals surface area contributed by atoms with E-state index in [-0.39, 0.29) is 4.83 Å². The van der Waals surface area contributed by atoms with Crippen molar-refractivity contribution in [1.82, 2.24) is 9.97 Å². The first-order valence-corrected chi connectivity index (χ1v) is 8.28. The van der Waals surface area contributed by atoms with E-state index >= 15 is 0 Å². The number of thiophene rings is 1. The largest absolute Gasteiger partial charge is 0.316 e. The third-order valence-electron chi connectivity index (χ3n) is 3.19. The van der Waals surface area contributed by atoms with E-state index in [0.29, 0.717) is 11.0 Å². The maximum atomic E-state index is 11.4. The van der Waals surface area contributed by atoms with E-state index in [4.69, 9.17) is 11.6 Å². The van der Waals surface area contributed by atoms with Gasteiger partial charge in [0.25, 0.3) is 0 Å². The number of H-pyrrole nitrogens is 2. The smallest absolute Gasteiger partial charge is 0.314 e. The Balaban J connectivity index is 2.12. The zero-order valence-electron chi connectivity index (χ0n) is 10.9. The molecule has 1 unspecified atom stereocenters. The van der Waals surface area contributed by atoms with Crippen molar-refractivity contribution in [3.05, 3.63) is 65.3 Å². The Morgan fingerprint density at radius 1 is 1.19 bits per heavy atom. The molecule has 3 rings (SSSR count). The minimum absolute atomic E-state index is 0.0662. The van der Waals surface area contributed by atoms with Crippen LogP contribution >= 0.6 is 38.9 Å². The lowest BCUT2D eigenvalue weighted by molar-refractivity contribution is 1.13. The fourth-order valence-electron chi connectivity index (χ4n) is 2.06. The summed E-state index contributed by atoms with van der Waals surface area (Å²) < 4.78 is 0. The van der Waals surface area contributed by atoms with E-state index < -0.39 is 11.1 Å². The van der Waals surface area contributed by atoms with Gasteiger partial charge in [-0.05, 0) is 35.6 Å². The first-order valence-electron chi connectivity index (χ1n) is 6.11. The fraction of sp³-hybridized carbons (Fsp3) is 0.143. The maximum absolute atomic E-state index is 11.4. The first-order chi connectivity index (χ1) is 9.97. The zero-order chi connectivity index (χ0) is 15.1. The summed E-state index contributed by atoms with van der Waals surface area (Å²) in [7, 11) is 0. The van der Waals surface area contributed by atoms with Gasteiger partial charge in [-0.25, -0.2) is 0 Å². The van der Waals surface area contributed by atoms with Gasteiger partial charge in [0.2, 0.25) is 0 Å². The van der Waals surface area contributed by atoms with Crippen molar-refractivity contribution in [3.63, 3.8) is 0 Å². The summed E-state index contributed by atoms with van der Waals surface area (Å²) in [4.78, 5) is 28.8. The Hall–Kier alpha value is -1.37. The van der Waals surface area contributed by atoms with Gasteiger partial charge < -0.3 is 9.97 Å². The minimum Gasteiger partial charge on any atom is -0.316 e. The quantitative estimate of drug-likeness (QED) is 0.521. The van der Waals surface area contributed by atoms with Gasteiger partial charge in [-0.3, -0.25) is 9.59 Å². The van der Waals surface area contributed by atoms with Crippen molar-refractivity contribution >= 4 is 49.9 Å². The Kier molecular flexibility index (Phi) is 3.77. The van der Waals surface area contributed by atoms with Gasteiger partial charge >= 0.3 is 11.1 Å². The normalized spacial score (nSPS) is 12.7.